The molecule has 1 aliphatic heterocycles. The summed E-state index contributed by atoms with van der Waals surface area (Å²) in [7, 11) is 0. The molecule has 1 saturated heterocycles. The molecule has 208 valence electrons. The minimum absolute atomic E-state index is 0.162. The van der Waals surface area contributed by atoms with Crippen LogP contribution < -0.4 is 5.32 Å². The summed E-state index contributed by atoms with van der Waals surface area (Å²) < 4.78 is 22.3. The molecule has 0 radical (unpaired) electrons. The molecule has 10 heteroatoms. The number of carbonyl (C=O) groups is 3. The van der Waals surface area contributed by atoms with Gasteiger partial charge in [-0.2, -0.15) is 0 Å². The van der Waals surface area contributed by atoms with Gasteiger partial charge in [0.2, 0.25) is 5.91 Å². The fraction of sp³-hybridized carbons (Fsp3) is 0.808. The number of nitrogens with zero attached hydrogens (tertiary/aromatic N) is 1. The summed E-state index contributed by atoms with van der Waals surface area (Å²) >= 11 is 0. The molecule has 0 aromatic heterocycles. The number of likely N-dealkylation sites (tertiary alicyclic amines) is 1. The number of allylic oxidation sites excluding steroid dienone is 1. The molecule has 0 spiro atoms. The van der Waals surface area contributed by atoms with E-state index in [0.29, 0.717) is 6.61 Å². The number of hydrogen-bond donors (Lipinski definition) is 2. The number of rotatable bonds is 10. The smallest absolute Gasteiger partial charge is 0.411 e. The Bertz CT molecular complexity index is 771. The maximum Gasteiger partial charge on any atom is 0.411 e. The van der Waals surface area contributed by atoms with Crippen LogP contribution in [0, 0.1) is 5.92 Å². The SMILES string of the molecule is C/C=C\[C@@H]1C[C@H](C(=O)OC(C)(C)C)N(C(=O)OC(C)(C)C)[C@H]1C(NC(C)=O)[C@H](O)COC(C)OCC. The average Bonchev–Trinajstić information content (AvgIpc) is 3.07. The Kier molecular flexibility index (Phi) is 11.9. The lowest BCUT2D eigenvalue weighted by Gasteiger charge is -2.39. The van der Waals surface area contributed by atoms with Crippen LogP contribution in [-0.4, -0.2) is 82.9 Å². The van der Waals surface area contributed by atoms with Gasteiger partial charge < -0.3 is 29.4 Å². The van der Waals surface area contributed by atoms with E-state index in [-0.39, 0.29) is 18.9 Å². The highest BCUT2D eigenvalue weighted by atomic mass is 16.7. The molecule has 1 fully saturated rings. The van der Waals surface area contributed by atoms with Crippen LogP contribution in [0.15, 0.2) is 12.2 Å². The van der Waals surface area contributed by atoms with Crippen molar-refractivity contribution in [2.24, 2.45) is 5.92 Å². The van der Waals surface area contributed by atoms with Gasteiger partial charge >= 0.3 is 12.1 Å². The molecule has 0 saturated carbocycles. The Balaban J connectivity index is 3.51. The number of aliphatic hydroxyl groups excluding tert-OH is 1. The second kappa shape index (κ2) is 13.4. The summed E-state index contributed by atoms with van der Waals surface area (Å²) in [5.41, 5.74) is -1.61. The van der Waals surface area contributed by atoms with Gasteiger partial charge in [-0.15, -0.1) is 0 Å². The van der Waals surface area contributed by atoms with E-state index < -0.39 is 59.7 Å². The van der Waals surface area contributed by atoms with E-state index in [1.54, 1.807) is 48.5 Å². The van der Waals surface area contributed by atoms with Gasteiger partial charge in [-0.1, -0.05) is 12.2 Å². The Morgan fingerprint density at radius 3 is 2.14 bits per heavy atom. The van der Waals surface area contributed by atoms with E-state index in [4.69, 9.17) is 18.9 Å². The summed E-state index contributed by atoms with van der Waals surface area (Å²) in [6, 6.07) is -2.74. The third-order valence-corrected chi connectivity index (χ3v) is 5.37. The Labute approximate surface area is 215 Å². The first kappa shape index (κ1) is 31.9. The highest BCUT2D eigenvalue weighted by Crippen LogP contribution is 2.37. The van der Waals surface area contributed by atoms with Crippen LogP contribution in [0.2, 0.25) is 0 Å². The summed E-state index contributed by atoms with van der Waals surface area (Å²) in [5, 5.41) is 13.9. The van der Waals surface area contributed by atoms with E-state index in [0.717, 1.165) is 0 Å². The fourth-order valence-electron chi connectivity index (χ4n) is 4.21. The third-order valence-electron chi connectivity index (χ3n) is 5.37. The Hall–Kier alpha value is -2.17. The lowest BCUT2D eigenvalue weighted by molar-refractivity contribution is -0.161. The number of aliphatic hydroxyl groups is 1. The van der Waals surface area contributed by atoms with E-state index in [1.807, 2.05) is 26.0 Å². The lowest BCUT2D eigenvalue weighted by Crippen LogP contribution is -2.61. The Morgan fingerprint density at radius 1 is 1.08 bits per heavy atom. The zero-order chi connectivity index (χ0) is 27.8. The zero-order valence-electron chi connectivity index (χ0n) is 23.5. The largest absolute Gasteiger partial charge is 0.458 e. The quantitative estimate of drug-likeness (QED) is 0.259. The molecule has 0 aromatic carbocycles. The molecule has 2 N–H and O–H groups in total. The van der Waals surface area contributed by atoms with Crippen LogP contribution in [0.5, 0.6) is 0 Å². The van der Waals surface area contributed by atoms with Crippen molar-refractivity contribution >= 4 is 18.0 Å². The Morgan fingerprint density at radius 2 is 1.67 bits per heavy atom. The van der Waals surface area contributed by atoms with Crippen molar-refractivity contribution < 1.29 is 38.4 Å². The molecule has 0 aliphatic carbocycles. The predicted molar refractivity (Wildman–Crippen MR) is 135 cm³/mol. The molecular weight excluding hydrogens is 468 g/mol. The first-order valence-corrected chi connectivity index (χ1v) is 12.6. The zero-order valence-corrected chi connectivity index (χ0v) is 23.5. The van der Waals surface area contributed by atoms with Crippen LogP contribution >= 0.6 is 0 Å². The van der Waals surface area contributed by atoms with Crippen LogP contribution in [0.25, 0.3) is 0 Å². The van der Waals surface area contributed by atoms with E-state index >= 15 is 0 Å². The molecule has 0 bridgehead atoms. The molecule has 0 aromatic rings. The molecule has 2 unspecified atom stereocenters. The highest BCUT2D eigenvalue weighted by Gasteiger charge is 2.53. The summed E-state index contributed by atoms with van der Waals surface area (Å²) in [5.74, 6) is -1.36. The van der Waals surface area contributed by atoms with Crippen LogP contribution in [0.4, 0.5) is 4.79 Å². The first-order valence-electron chi connectivity index (χ1n) is 12.6. The van der Waals surface area contributed by atoms with Crippen LogP contribution in [0.3, 0.4) is 0 Å². The number of nitrogens with one attached hydrogen (secondary N) is 1. The van der Waals surface area contributed by atoms with Gasteiger partial charge in [-0.25, -0.2) is 9.59 Å². The summed E-state index contributed by atoms with van der Waals surface area (Å²) in [6.45, 7) is 17.4. The van der Waals surface area contributed by atoms with Gasteiger partial charge in [0.05, 0.1) is 24.8 Å². The molecule has 36 heavy (non-hydrogen) atoms. The normalized spacial score (nSPS) is 23.3. The second-order valence-electron chi connectivity index (χ2n) is 11.0. The molecular formula is C26H46N2O8. The molecule has 2 amide bonds. The van der Waals surface area contributed by atoms with E-state index in [1.165, 1.54) is 11.8 Å². The fourth-order valence-corrected chi connectivity index (χ4v) is 4.21. The first-order chi connectivity index (χ1) is 16.5. The van der Waals surface area contributed by atoms with Crippen molar-refractivity contribution in [3.63, 3.8) is 0 Å². The maximum absolute atomic E-state index is 13.5. The van der Waals surface area contributed by atoms with E-state index in [9.17, 15) is 19.5 Å². The van der Waals surface area contributed by atoms with E-state index in [2.05, 4.69) is 5.32 Å². The van der Waals surface area contributed by atoms with Crippen LogP contribution in [-0.2, 0) is 28.5 Å². The van der Waals surface area contributed by atoms with Crippen molar-refractivity contribution in [2.45, 2.75) is 117 Å². The molecule has 1 rings (SSSR count). The lowest BCUT2D eigenvalue weighted by atomic mass is 9.90. The predicted octanol–water partition coefficient (Wildman–Crippen LogP) is 3.16. The third kappa shape index (κ3) is 10.1. The number of ether oxygens (including phenoxy) is 4. The molecule has 6 atom stereocenters. The van der Waals surface area contributed by atoms with Crippen molar-refractivity contribution in [1.82, 2.24) is 10.2 Å². The molecule has 1 aliphatic rings. The molecule has 10 nitrogen and oxygen atoms in total. The van der Waals surface area contributed by atoms with Crippen molar-refractivity contribution in [3.8, 4) is 0 Å². The van der Waals surface area contributed by atoms with Crippen molar-refractivity contribution in [3.05, 3.63) is 12.2 Å². The van der Waals surface area contributed by atoms with Gasteiger partial charge in [0, 0.05) is 19.4 Å². The standard InChI is InChI=1S/C26H46N2O8/c1-11-13-18-14-19(23(31)35-25(5,6)7)28(24(32)36-26(8,9)10)22(18)21(27-16(3)29)20(30)15-34-17(4)33-12-2/h11,13,17-22,30H,12,14-15H2,1-10H3,(H,27,29)/b13-11-/t17?,18-,19-,20-,21?,22-/m1/s1. The second-order valence-corrected chi connectivity index (χ2v) is 11.0. The van der Waals surface area contributed by atoms with Crippen molar-refractivity contribution in [2.75, 3.05) is 13.2 Å². The summed E-state index contributed by atoms with van der Waals surface area (Å²) in [4.78, 5) is 40.2. The number of amides is 2. The van der Waals surface area contributed by atoms with Gasteiger partial charge in [-0.3, -0.25) is 9.69 Å². The van der Waals surface area contributed by atoms with Gasteiger partial charge in [0.15, 0.2) is 6.29 Å². The highest BCUT2D eigenvalue weighted by molar-refractivity contribution is 5.83. The topological polar surface area (TPSA) is 124 Å². The monoisotopic (exact) mass is 514 g/mol. The average molecular weight is 515 g/mol. The van der Waals surface area contributed by atoms with Crippen molar-refractivity contribution in [1.29, 1.82) is 0 Å². The summed E-state index contributed by atoms with van der Waals surface area (Å²) in [6.07, 6.45) is 1.39. The van der Waals surface area contributed by atoms with Gasteiger partial charge in [-0.05, 0) is 68.7 Å². The maximum atomic E-state index is 13.5. The molecule has 1 heterocycles. The van der Waals surface area contributed by atoms with Gasteiger partial charge in [0.25, 0.3) is 0 Å². The minimum atomic E-state index is -1.21. The van der Waals surface area contributed by atoms with Crippen LogP contribution in [0.1, 0.15) is 75.7 Å². The number of esters is 1. The number of hydrogen-bond acceptors (Lipinski definition) is 8. The number of carbonyl (C=O) groups excluding carboxylic acids is 3. The minimum Gasteiger partial charge on any atom is -0.458 e. The van der Waals surface area contributed by atoms with Gasteiger partial charge in [0.1, 0.15) is 17.2 Å².